The summed E-state index contributed by atoms with van der Waals surface area (Å²) >= 11 is 0. The van der Waals surface area contributed by atoms with E-state index in [0.717, 1.165) is 19.4 Å². The van der Waals surface area contributed by atoms with E-state index in [4.69, 9.17) is 4.74 Å². The summed E-state index contributed by atoms with van der Waals surface area (Å²) < 4.78 is 5.67. The molecule has 1 saturated heterocycles. The molecule has 0 bridgehead atoms. The van der Waals surface area contributed by atoms with Crippen LogP contribution in [0, 0.1) is 10.1 Å². The molecule has 3 rings (SSSR count). The van der Waals surface area contributed by atoms with Crippen LogP contribution in [0.4, 0.5) is 5.69 Å². The van der Waals surface area contributed by atoms with Crippen LogP contribution in [0.1, 0.15) is 36.5 Å². The van der Waals surface area contributed by atoms with Crippen molar-refractivity contribution in [1.29, 1.82) is 0 Å². The van der Waals surface area contributed by atoms with Crippen molar-refractivity contribution in [2.75, 3.05) is 6.54 Å². The smallest absolute Gasteiger partial charge is 0.269 e. The van der Waals surface area contributed by atoms with E-state index in [-0.39, 0.29) is 17.6 Å². The molecule has 130 valence electrons. The van der Waals surface area contributed by atoms with Gasteiger partial charge >= 0.3 is 0 Å². The van der Waals surface area contributed by atoms with Gasteiger partial charge in [0.2, 0.25) is 0 Å². The largest absolute Gasteiger partial charge is 0.457 e. The van der Waals surface area contributed by atoms with Crippen molar-refractivity contribution in [3.8, 4) is 11.5 Å². The van der Waals surface area contributed by atoms with Gasteiger partial charge in [-0.3, -0.25) is 14.9 Å². The number of nitro groups is 1. The molecule has 1 heterocycles. The normalized spacial score (nSPS) is 17.2. The number of carbonyl (C=O) groups excluding carboxylic acids is 1. The zero-order valence-electron chi connectivity index (χ0n) is 14.1. The number of ether oxygens (including phenoxy) is 1. The third-order valence-electron chi connectivity index (χ3n) is 4.45. The Kier molecular flexibility index (Phi) is 4.97. The molecule has 1 fully saturated rings. The molecule has 0 N–H and O–H groups in total. The van der Waals surface area contributed by atoms with E-state index >= 15 is 0 Å². The number of carbonyl (C=O) groups is 1. The van der Waals surface area contributed by atoms with Gasteiger partial charge in [-0.2, -0.15) is 0 Å². The van der Waals surface area contributed by atoms with Crippen molar-refractivity contribution in [2.24, 2.45) is 0 Å². The number of likely N-dealkylation sites (tertiary alicyclic amines) is 1. The average Bonchev–Trinajstić information content (AvgIpc) is 2.63. The van der Waals surface area contributed by atoms with Crippen LogP contribution in [-0.2, 0) is 0 Å². The number of benzene rings is 2. The first kappa shape index (κ1) is 17.0. The number of piperidine rings is 1. The minimum absolute atomic E-state index is 0.0175. The standard InChI is InChI=1S/C19H20N2O4/c1-14-4-2-3-13-20(14)19(22)15-5-9-17(10-6-15)25-18-11-7-16(8-12-18)21(23)24/h5-12,14H,2-4,13H2,1H3. The lowest BCUT2D eigenvalue weighted by molar-refractivity contribution is -0.384. The van der Waals surface area contributed by atoms with Crippen LogP contribution >= 0.6 is 0 Å². The van der Waals surface area contributed by atoms with E-state index in [1.54, 1.807) is 36.4 Å². The van der Waals surface area contributed by atoms with Gasteiger partial charge in [-0.1, -0.05) is 0 Å². The Hall–Kier alpha value is -2.89. The molecule has 0 radical (unpaired) electrons. The lowest BCUT2D eigenvalue weighted by Gasteiger charge is -2.33. The highest BCUT2D eigenvalue weighted by Crippen LogP contribution is 2.25. The predicted octanol–water partition coefficient (Wildman–Crippen LogP) is 4.40. The zero-order valence-corrected chi connectivity index (χ0v) is 14.1. The molecule has 6 heteroatoms. The highest BCUT2D eigenvalue weighted by Gasteiger charge is 2.24. The molecule has 25 heavy (non-hydrogen) atoms. The maximum atomic E-state index is 12.6. The summed E-state index contributed by atoms with van der Waals surface area (Å²) in [6.07, 6.45) is 3.28. The van der Waals surface area contributed by atoms with Gasteiger partial charge in [0.25, 0.3) is 11.6 Å². The van der Waals surface area contributed by atoms with Crippen LogP contribution in [0.5, 0.6) is 11.5 Å². The van der Waals surface area contributed by atoms with Crippen molar-refractivity contribution in [3.05, 3.63) is 64.2 Å². The maximum Gasteiger partial charge on any atom is 0.269 e. The molecular weight excluding hydrogens is 320 g/mol. The number of hydrogen-bond donors (Lipinski definition) is 0. The van der Waals surface area contributed by atoms with Crippen LogP contribution in [0.2, 0.25) is 0 Å². The van der Waals surface area contributed by atoms with Gasteiger partial charge in [0.05, 0.1) is 4.92 Å². The lowest BCUT2D eigenvalue weighted by atomic mass is 10.0. The Bertz CT molecular complexity index is 756. The first-order valence-electron chi connectivity index (χ1n) is 8.38. The Morgan fingerprint density at radius 2 is 1.68 bits per heavy atom. The summed E-state index contributed by atoms with van der Waals surface area (Å²) in [6.45, 7) is 2.89. The molecule has 2 aromatic rings. The lowest BCUT2D eigenvalue weighted by Crippen LogP contribution is -2.41. The SMILES string of the molecule is CC1CCCCN1C(=O)c1ccc(Oc2ccc([N+](=O)[O-])cc2)cc1. The van der Waals surface area contributed by atoms with E-state index < -0.39 is 4.92 Å². The maximum absolute atomic E-state index is 12.6. The predicted molar refractivity (Wildman–Crippen MR) is 94.0 cm³/mol. The fourth-order valence-corrected chi connectivity index (χ4v) is 3.00. The first-order valence-corrected chi connectivity index (χ1v) is 8.38. The van der Waals surface area contributed by atoms with Gasteiger partial charge in [-0.05, 0) is 62.6 Å². The van der Waals surface area contributed by atoms with Crippen LogP contribution in [0.25, 0.3) is 0 Å². The van der Waals surface area contributed by atoms with Gasteiger partial charge in [-0.15, -0.1) is 0 Å². The Morgan fingerprint density at radius 1 is 1.08 bits per heavy atom. The Balaban J connectivity index is 1.67. The molecule has 1 atom stereocenters. The van der Waals surface area contributed by atoms with Gasteiger partial charge in [0, 0.05) is 30.3 Å². The molecule has 1 unspecified atom stereocenters. The summed E-state index contributed by atoms with van der Waals surface area (Å²) in [5.41, 5.74) is 0.661. The fraction of sp³-hybridized carbons (Fsp3) is 0.316. The van der Waals surface area contributed by atoms with E-state index in [9.17, 15) is 14.9 Å². The zero-order chi connectivity index (χ0) is 17.8. The topological polar surface area (TPSA) is 72.7 Å². The number of nitrogens with zero attached hydrogens (tertiary/aromatic N) is 2. The van der Waals surface area contributed by atoms with Gasteiger partial charge in [0.1, 0.15) is 11.5 Å². The summed E-state index contributed by atoms with van der Waals surface area (Å²) in [4.78, 5) is 24.7. The van der Waals surface area contributed by atoms with Crippen molar-refractivity contribution in [3.63, 3.8) is 0 Å². The fourth-order valence-electron chi connectivity index (χ4n) is 3.00. The average molecular weight is 340 g/mol. The molecule has 1 amide bonds. The molecular formula is C19H20N2O4. The second kappa shape index (κ2) is 7.34. The third-order valence-corrected chi connectivity index (χ3v) is 4.45. The van der Waals surface area contributed by atoms with Crippen molar-refractivity contribution >= 4 is 11.6 Å². The second-order valence-electron chi connectivity index (χ2n) is 6.22. The van der Waals surface area contributed by atoms with Crippen LogP contribution in [0.3, 0.4) is 0 Å². The molecule has 0 saturated carbocycles. The highest BCUT2D eigenvalue weighted by molar-refractivity contribution is 5.94. The van der Waals surface area contributed by atoms with E-state index in [0.29, 0.717) is 17.1 Å². The first-order chi connectivity index (χ1) is 12.0. The summed E-state index contributed by atoms with van der Waals surface area (Å²) in [7, 11) is 0. The van der Waals surface area contributed by atoms with Gasteiger partial charge in [0.15, 0.2) is 0 Å². The molecule has 0 spiro atoms. The van der Waals surface area contributed by atoms with Crippen LogP contribution in [-0.4, -0.2) is 28.3 Å². The highest BCUT2D eigenvalue weighted by atomic mass is 16.6. The third kappa shape index (κ3) is 3.96. The van der Waals surface area contributed by atoms with E-state index in [1.807, 2.05) is 4.90 Å². The van der Waals surface area contributed by atoms with E-state index in [2.05, 4.69) is 6.92 Å². The molecule has 1 aliphatic heterocycles. The summed E-state index contributed by atoms with van der Waals surface area (Å²) in [5, 5.41) is 10.7. The molecule has 0 aromatic heterocycles. The monoisotopic (exact) mass is 340 g/mol. The Labute approximate surface area is 146 Å². The van der Waals surface area contributed by atoms with Gasteiger partial charge in [-0.25, -0.2) is 0 Å². The van der Waals surface area contributed by atoms with Crippen LogP contribution < -0.4 is 4.74 Å². The van der Waals surface area contributed by atoms with Gasteiger partial charge < -0.3 is 9.64 Å². The number of non-ortho nitro benzene ring substituents is 1. The summed E-state index contributed by atoms with van der Waals surface area (Å²) in [6, 6.07) is 13.1. The molecule has 6 nitrogen and oxygen atoms in total. The number of rotatable bonds is 4. The quantitative estimate of drug-likeness (QED) is 0.611. The number of nitro benzene ring substituents is 1. The molecule has 1 aliphatic rings. The van der Waals surface area contributed by atoms with E-state index in [1.165, 1.54) is 18.6 Å². The Morgan fingerprint density at radius 3 is 2.24 bits per heavy atom. The van der Waals surface area contributed by atoms with Crippen molar-refractivity contribution < 1.29 is 14.5 Å². The molecule has 2 aromatic carbocycles. The minimum Gasteiger partial charge on any atom is -0.457 e. The number of hydrogen-bond acceptors (Lipinski definition) is 4. The van der Waals surface area contributed by atoms with Crippen molar-refractivity contribution in [1.82, 2.24) is 4.90 Å². The van der Waals surface area contributed by atoms with Crippen molar-refractivity contribution in [2.45, 2.75) is 32.2 Å². The molecule has 0 aliphatic carbocycles. The second-order valence-corrected chi connectivity index (χ2v) is 6.22. The minimum atomic E-state index is -0.453. The van der Waals surface area contributed by atoms with Crippen LogP contribution in [0.15, 0.2) is 48.5 Å². The number of amides is 1. The summed E-state index contributed by atoms with van der Waals surface area (Å²) in [5.74, 6) is 1.14.